The molecule has 0 fully saturated rings. The Morgan fingerprint density at radius 2 is 1.77 bits per heavy atom. The maximum Gasteiger partial charge on any atom is 0.327 e. The molecule has 0 aromatic rings. The second-order valence-corrected chi connectivity index (χ2v) is 12.5. The van der Waals surface area contributed by atoms with Crippen LogP contribution in [0.1, 0.15) is 34.6 Å². The zero-order chi connectivity index (χ0) is 17.7. The number of carboxylic acid groups (broad SMARTS) is 1. The van der Waals surface area contributed by atoms with Gasteiger partial charge in [-0.3, -0.25) is 9.59 Å². The Labute approximate surface area is 137 Å². The van der Waals surface area contributed by atoms with Gasteiger partial charge >= 0.3 is 5.97 Å². The molecule has 2 atom stereocenters. The minimum atomic E-state index is -2.06. The molecule has 1 unspecified atom stereocenters. The van der Waals surface area contributed by atoms with E-state index >= 15 is 0 Å². The molecule has 0 rings (SSSR count). The smallest absolute Gasteiger partial charge is 0.327 e. The van der Waals surface area contributed by atoms with Gasteiger partial charge in [0.1, 0.15) is 12.1 Å². The molecule has 8 heteroatoms. The molecule has 0 aromatic heterocycles. The number of aliphatic carboxylic acids is 1. The summed E-state index contributed by atoms with van der Waals surface area (Å²) in [7, 11) is -2.06. The summed E-state index contributed by atoms with van der Waals surface area (Å²) >= 11 is 0.877. The summed E-state index contributed by atoms with van der Waals surface area (Å²) in [5.74, 6) is -1.61. The first-order chi connectivity index (χ1) is 9.78. The number of carbonyl (C=O) groups excluding carboxylic acids is 2. The second-order valence-electron chi connectivity index (χ2n) is 6.74. The topological polar surface area (TPSA) is 92.7 Å². The van der Waals surface area contributed by atoms with Crippen molar-refractivity contribution < 1.29 is 23.9 Å². The minimum Gasteiger partial charge on any atom is -0.480 e. The first-order valence-corrected chi connectivity index (χ1v) is 11.0. The number of hydrogen-bond acceptors (Lipinski definition) is 5. The number of carboxylic acids is 1. The molecule has 1 amide bonds. The molecule has 0 saturated carbocycles. The summed E-state index contributed by atoms with van der Waals surface area (Å²) in [6, 6.07) is -1.08. The summed E-state index contributed by atoms with van der Waals surface area (Å²) in [6.07, 6.45) is -0.599. The number of hydrogen-bond donors (Lipinski definition) is 2. The zero-order valence-corrected chi connectivity index (χ0v) is 16.2. The molecular formula is C14H27NO5SSi. The predicted octanol–water partition coefficient (Wildman–Crippen LogP) is 2.25. The van der Waals surface area contributed by atoms with Gasteiger partial charge < -0.3 is 14.8 Å². The van der Waals surface area contributed by atoms with Gasteiger partial charge in [-0.1, -0.05) is 32.5 Å². The Balaban J connectivity index is 4.60. The lowest BCUT2D eigenvalue weighted by Crippen LogP contribution is -2.45. The van der Waals surface area contributed by atoms with Crippen LogP contribution in [0.2, 0.25) is 18.1 Å². The molecule has 6 nitrogen and oxygen atoms in total. The predicted molar refractivity (Wildman–Crippen MR) is 90.4 cm³/mol. The molecule has 0 aliphatic carbocycles. The molecule has 22 heavy (non-hydrogen) atoms. The van der Waals surface area contributed by atoms with Crippen molar-refractivity contribution in [2.75, 3.05) is 5.75 Å². The lowest BCUT2D eigenvalue weighted by atomic mass is 10.2. The molecule has 128 valence electrons. The quantitative estimate of drug-likeness (QED) is 0.685. The zero-order valence-electron chi connectivity index (χ0n) is 14.4. The fourth-order valence-electron chi connectivity index (χ4n) is 1.37. The van der Waals surface area contributed by atoms with E-state index in [2.05, 4.69) is 39.2 Å². The van der Waals surface area contributed by atoms with Crippen molar-refractivity contribution in [1.29, 1.82) is 0 Å². The van der Waals surface area contributed by atoms with E-state index in [4.69, 9.17) is 9.53 Å². The number of rotatable bonds is 7. The molecule has 0 saturated heterocycles. The van der Waals surface area contributed by atoms with Gasteiger partial charge in [0.25, 0.3) is 0 Å². The molecule has 0 aliphatic rings. The van der Waals surface area contributed by atoms with Crippen LogP contribution in [0.3, 0.4) is 0 Å². The van der Waals surface area contributed by atoms with E-state index in [9.17, 15) is 14.4 Å². The average molecular weight is 350 g/mol. The highest BCUT2D eigenvalue weighted by molar-refractivity contribution is 8.13. The van der Waals surface area contributed by atoms with Gasteiger partial charge in [-0.05, 0) is 25.1 Å². The van der Waals surface area contributed by atoms with Gasteiger partial charge in [0, 0.05) is 12.7 Å². The van der Waals surface area contributed by atoms with Crippen molar-refractivity contribution in [3.63, 3.8) is 0 Å². The first-order valence-electron chi connectivity index (χ1n) is 7.12. The fourth-order valence-corrected chi connectivity index (χ4v) is 3.64. The molecule has 0 spiro atoms. The first kappa shape index (κ1) is 21.1. The van der Waals surface area contributed by atoms with Crippen molar-refractivity contribution in [3.8, 4) is 0 Å². The average Bonchev–Trinajstić information content (AvgIpc) is 2.31. The van der Waals surface area contributed by atoms with E-state index in [-0.39, 0.29) is 15.9 Å². The lowest BCUT2D eigenvalue weighted by Gasteiger charge is -2.37. The highest BCUT2D eigenvalue weighted by Crippen LogP contribution is 2.37. The number of thioether (sulfide) groups is 1. The summed E-state index contributed by atoms with van der Waals surface area (Å²) in [5.41, 5.74) is 0. The SMILES string of the molecule is CC(=O)N[C@@H](CSC(=O)C(C)O[Si](C)(C)C(C)(C)C)C(=O)O. The molecule has 0 aromatic carbocycles. The van der Waals surface area contributed by atoms with Crippen LogP contribution in [0, 0.1) is 0 Å². The summed E-state index contributed by atoms with van der Waals surface area (Å²) in [4.78, 5) is 34.1. The van der Waals surface area contributed by atoms with E-state index in [0.29, 0.717) is 0 Å². The molecule has 0 bridgehead atoms. The normalized spacial score (nSPS) is 15.0. The minimum absolute atomic E-state index is 0.00794. The van der Waals surface area contributed by atoms with Crippen molar-refractivity contribution in [2.24, 2.45) is 0 Å². The van der Waals surface area contributed by atoms with Crippen LogP contribution in [0.25, 0.3) is 0 Å². The monoisotopic (exact) mass is 349 g/mol. The summed E-state index contributed by atoms with van der Waals surface area (Å²) in [6.45, 7) is 13.3. The maximum atomic E-state index is 12.1. The molecule has 0 heterocycles. The van der Waals surface area contributed by atoms with Crippen LogP contribution in [-0.4, -0.2) is 48.3 Å². The Morgan fingerprint density at radius 1 is 1.27 bits per heavy atom. The van der Waals surface area contributed by atoms with Crippen LogP contribution in [-0.2, 0) is 18.8 Å². The number of nitrogens with one attached hydrogen (secondary N) is 1. The van der Waals surface area contributed by atoms with Gasteiger partial charge in [0.15, 0.2) is 8.32 Å². The number of carbonyl (C=O) groups is 3. The van der Waals surface area contributed by atoms with Gasteiger partial charge in [0.2, 0.25) is 11.0 Å². The van der Waals surface area contributed by atoms with Crippen molar-refractivity contribution >= 4 is 37.1 Å². The fraction of sp³-hybridized carbons (Fsp3) is 0.786. The summed E-state index contributed by atoms with van der Waals surface area (Å²) in [5, 5.41) is 11.1. The van der Waals surface area contributed by atoms with Crippen molar-refractivity contribution in [2.45, 2.75) is 64.9 Å². The largest absolute Gasteiger partial charge is 0.480 e. The van der Waals surface area contributed by atoms with Gasteiger partial charge in [0.05, 0.1) is 0 Å². The maximum absolute atomic E-state index is 12.1. The lowest BCUT2D eigenvalue weighted by molar-refractivity contribution is -0.140. The van der Waals surface area contributed by atoms with Gasteiger partial charge in [-0.15, -0.1) is 0 Å². The molecule has 0 radical (unpaired) electrons. The van der Waals surface area contributed by atoms with Gasteiger partial charge in [-0.2, -0.15) is 0 Å². The highest BCUT2D eigenvalue weighted by Gasteiger charge is 2.39. The van der Waals surface area contributed by atoms with E-state index in [1.807, 2.05) is 0 Å². The van der Waals surface area contributed by atoms with E-state index in [1.165, 1.54) is 6.92 Å². The molecule has 0 aliphatic heterocycles. The van der Waals surface area contributed by atoms with Crippen LogP contribution in [0.15, 0.2) is 0 Å². The Hall–Kier alpha value is -0.863. The molecule has 2 N–H and O–H groups in total. The van der Waals surface area contributed by atoms with E-state index in [1.54, 1.807) is 6.92 Å². The van der Waals surface area contributed by atoms with Crippen LogP contribution < -0.4 is 5.32 Å². The van der Waals surface area contributed by atoms with E-state index < -0.39 is 32.3 Å². The van der Waals surface area contributed by atoms with Crippen molar-refractivity contribution in [1.82, 2.24) is 5.32 Å². The number of amides is 1. The molecular weight excluding hydrogens is 322 g/mol. The van der Waals surface area contributed by atoms with Crippen LogP contribution in [0.5, 0.6) is 0 Å². The standard InChI is InChI=1S/C14H27NO5SSi/c1-9(20-22(6,7)14(3,4)5)13(19)21-8-11(12(17)18)15-10(2)16/h9,11H,8H2,1-7H3,(H,15,16)(H,17,18)/t9?,11-/m0/s1. The Bertz CT molecular complexity index is 433. The second kappa shape index (κ2) is 8.12. The third-order valence-corrected chi connectivity index (χ3v) is 9.35. The van der Waals surface area contributed by atoms with Gasteiger partial charge in [-0.25, -0.2) is 4.79 Å². The highest BCUT2D eigenvalue weighted by atomic mass is 32.2. The van der Waals surface area contributed by atoms with Crippen LogP contribution in [0.4, 0.5) is 0 Å². The third-order valence-electron chi connectivity index (χ3n) is 3.68. The van der Waals surface area contributed by atoms with Crippen LogP contribution >= 0.6 is 11.8 Å². The van der Waals surface area contributed by atoms with E-state index in [0.717, 1.165) is 11.8 Å². The third kappa shape index (κ3) is 6.93. The van der Waals surface area contributed by atoms with Crippen molar-refractivity contribution in [3.05, 3.63) is 0 Å². The summed E-state index contributed by atoms with van der Waals surface area (Å²) < 4.78 is 5.97. The Morgan fingerprint density at radius 3 is 2.14 bits per heavy atom. The Kier molecular flexibility index (Phi) is 7.80.